The normalized spacial score (nSPS) is 10.7. The smallest absolute Gasteiger partial charge is 0.238 e. The first-order valence-corrected chi connectivity index (χ1v) is 7.30. The van der Waals surface area contributed by atoms with Gasteiger partial charge >= 0.3 is 0 Å². The van der Waals surface area contributed by atoms with E-state index >= 15 is 0 Å². The molecular formula is C17H18F2N4O. The first kappa shape index (κ1) is 17.6. The van der Waals surface area contributed by atoms with Gasteiger partial charge in [-0.15, -0.1) is 0 Å². The average Bonchev–Trinajstić information content (AvgIpc) is 2.73. The van der Waals surface area contributed by atoms with Crippen LogP contribution in [0.1, 0.15) is 17.0 Å². The van der Waals surface area contributed by atoms with Gasteiger partial charge in [-0.1, -0.05) is 0 Å². The molecule has 1 heterocycles. The van der Waals surface area contributed by atoms with Gasteiger partial charge in [0.25, 0.3) is 0 Å². The maximum Gasteiger partial charge on any atom is 0.238 e. The zero-order valence-electron chi connectivity index (χ0n) is 13.7. The SMILES string of the molecule is Cc1c(CN(C)CC(=O)Nc2cc(F)cc(F)c2)cc(C#N)n1C. The summed E-state index contributed by atoms with van der Waals surface area (Å²) in [5.74, 6) is -1.87. The van der Waals surface area contributed by atoms with Crippen molar-refractivity contribution in [3.63, 3.8) is 0 Å². The minimum Gasteiger partial charge on any atom is -0.340 e. The summed E-state index contributed by atoms with van der Waals surface area (Å²) < 4.78 is 28.0. The Morgan fingerprint density at radius 2 is 1.92 bits per heavy atom. The number of nitrogens with zero attached hydrogens (tertiary/aromatic N) is 3. The van der Waals surface area contributed by atoms with Gasteiger partial charge in [-0.3, -0.25) is 9.69 Å². The molecule has 0 aliphatic heterocycles. The number of hydrogen-bond acceptors (Lipinski definition) is 3. The summed E-state index contributed by atoms with van der Waals surface area (Å²) in [5, 5.41) is 11.5. The molecule has 0 aliphatic rings. The molecule has 0 fully saturated rings. The van der Waals surface area contributed by atoms with Gasteiger partial charge in [0.05, 0.1) is 6.54 Å². The summed E-state index contributed by atoms with van der Waals surface area (Å²) in [6, 6.07) is 6.75. The monoisotopic (exact) mass is 332 g/mol. The van der Waals surface area contributed by atoms with E-state index in [0.717, 1.165) is 29.5 Å². The van der Waals surface area contributed by atoms with Crippen LogP contribution in [0.2, 0.25) is 0 Å². The molecule has 0 bridgehead atoms. The number of nitrogens with one attached hydrogen (secondary N) is 1. The van der Waals surface area contributed by atoms with Gasteiger partial charge < -0.3 is 9.88 Å². The fourth-order valence-electron chi connectivity index (χ4n) is 2.45. The van der Waals surface area contributed by atoms with Gasteiger partial charge in [0.15, 0.2) is 0 Å². The molecular weight excluding hydrogens is 314 g/mol. The lowest BCUT2D eigenvalue weighted by Crippen LogP contribution is -2.30. The molecule has 0 atom stereocenters. The number of likely N-dealkylation sites (N-methyl/N-ethyl adjacent to an activating group) is 1. The molecule has 7 heteroatoms. The number of anilines is 1. The number of halogens is 2. The Kier molecular flexibility index (Phi) is 5.31. The Bertz CT molecular complexity index is 787. The molecule has 126 valence electrons. The first-order chi connectivity index (χ1) is 11.3. The van der Waals surface area contributed by atoms with E-state index < -0.39 is 11.6 Å². The number of benzene rings is 1. The second kappa shape index (κ2) is 7.23. The third kappa shape index (κ3) is 4.18. The molecule has 5 nitrogen and oxygen atoms in total. The molecule has 24 heavy (non-hydrogen) atoms. The van der Waals surface area contributed by atoms with Gasteiger partial charge in [0.1, 0.15) is 23.4 Å². The Hall–Kier alpha value is -2.72. The number of hydrogen-bond donors (Lipinski definition) is 1. The van der Waals surface area contributed by atoms with E-state index in [4.69, 9.17) is 5.26 Å². The Morgan fingerprint density at radius 3 is 2.46 bits per heavy atom. The minimum absolute atomic E-state index is 0.0500. The van der Waals surface area contributed by atoms with Crippen LogP contribution in [0.15, 0.2) is 24.3 Å². The number of amides is 1. The Morgan fingerprint density at radius 1 is 1.29 bits per heavy atom. The van der Waals surface area contributed by atoms with Gasteiger partial charge in [0, 0.05) is 31.0 Å². The summed E-state index contributed by atoms with van der Waals surface area (Å²) in [5.41, 5.74) is 2.52. The molecule has 1 aromatic heterocycles. The molecule has 2 aromatic rings. The molecule has 1 amide bonds. The Balaban J connectivity index is 1.98. The first-order valence-electron chi connectivity index (χ1n) is 7.30. The lowest BCUT2D eigenvalue weighted by atomic mass is 10.2. The van der Waals surface area contributed by atoms with Crippen LogP contribution in [0.4, 0.5) is 14.5 Å². The van der Waals surface area contributed by atoms with E-state index in [1.165, 1.54) is 0 Å². The van der Waals surface area contributed by atoms with E-state index in [1.807, 2.05) is 14.0 Å². The Labute approximate surface area is 139 Å². The molecule has 0 unspecified atom stereocenters. The quantitative estimate of drug-likeness (QED) is 0.915. The topological polar surface area (TPSA) is 61.1 Å². The fourth-order valence-corrected chi connectivity index (χ4v) is 2.45. The molecule has 0 aliphatic carbocycles. The number of rotatable bonds is 5. The lowest BCUT2D eigenvalue weighted by Gasteiger charge is -2.16. The molecule has 1 N–H and O–H groups in total. The van der Waals surface area contributed by atoms with Gasteiger partial charge in [-0.25, -0.2) is 8.78 Å². The van der Waals surface area contributed by atoms with Crippen molar-refractivity contribution in [3.05, 3.63) is 52.9 Å². The standard InChI is InChI=1S/C17H18F2N4O/c1-11-12(4-16(8-20)23(11)3)9-22(2)10-17(24)21-15-6-13(18)5-14(19)7-15/h4-7H,9-10H2,1-3H3,(H,21,24). The predicted molar refractivity (Wildman–Crippen MR) is 86.2 cm³/mol. The van der Waals surface area contributed by atoms with E-state index in [9.17, 15) is 13.6 Å². The maximum absolute atomic E-state index is 13.1. The highest BCUT2D eigenvalue weighted by Crippen LogP contribution is 2.16. The molecule has 1 aromatic carbocycles. The highest BCUT2D eigenvalue weighted by Gasteiger charge is 2.13. The van der Waals surface area contributed by atoms with Crippen molar-refractivity contribution in [3.8, 4) is 6.07 Å². The molecule has 0 saturated carbocycles. The number of carbonyl (C=O) groups is 1. The van der Waals surface area contributed by atoms with Crippen LogP contribution in [0.5, 0.6) is 0 Å². The minimum atomic E-state index is -0.748. The third-order valence-electron chi connectivity index (χ3n) is 3.75. The highest BCUT2D eigenvalue weighted by molar-refractivity contribution is 5.92. The lowest BCUT2D eigenvalue weighted by molar-refractivity contribution is -0.117. The van der Waals surface area contributed by atoms with E-state index in [-0.39, 0.29) is 18.1 Å². The van der Waals surface area contributed by atoms with Crippen LogP contribution in [-0.2, 0) is 18.4 Å². The zero-order valence-corrected chi connectivity index (χ0v) is 13.7. The number of carbonyl (C=O) groups excluding carboxylic acids is 1. The average molecular weight is 332 g/mol. The third-order valence-corrected chi connectivity index (χ3v) is 3.75. The zero-order chi connectivity index (χ0) is 17.9. The van der Waals surface area contributed by atoms with Gasteiger partial charge in [0.2, 0.25) is 5.91 Å². The van der Waals surface area contributed by atoms with Crippen molar-refractivity contribution in [2.45, 2.75) is 13.5 Å². The number of aromatic nitrogens is 1. The van der Waals surface area contributed by atoms with Crippen molar-refractivity contribution in [1.29, 1.82) is 5.26 Å². The summed E-state index contributed by atoms with van der Waals surface area (Å²) in [4.78, 5) is 13.8. The van der Waals surface area contributed by atoms with Crippen LogP contribution in [0, 0.1) is 29.9 Å². The second-order valence-corrected chi connectivity index (χ2v) is 5.69. The van der Waals surface area contributed by atoms with Crippen LogP contribution >= 0.6 is 0 Å². The maximum atomic E-state index is 13.1. The number of nitriles is 1. The van der Waals surface area contributed by atoms with Crippen molar-refractivity contribution < 1.29 is 13.6 Å². The van der Waals surface area contributed by atoms with Crippen LogP contribution in [0.3, 0.4) is 0 Å². The van der Waals surface area contributed by atoms with Gasteiger partial charge in [-0.05, 0) is 37.7 Å². The summed E-state index contributed by atoms with van der Waals surface area (Å²) in [7, 11) is 3.56. The van der Waals surface area contributed by atoms with E-state index in [1.54, 1.807) is 22.6 Å². The van der Waals surface area contributed by atoms with Gasteiger partial charge in [-0.2, -0.15) is 5.26 Å². The molecule has 2 rings (SSSR count). The van der Waals surface area contributed by atoms with Crippen molar-refractivity contribution in [2.75, 3.05) is 18.9 Å². The van der Waals surface area contributed by atoms with Crippen molar-refractivity contribution in [2.24, 2.45) is 7.05 Å². The van der Waals surface area contributed by atoms with Crippen molar-refractivity contribution >= 4 is 11.6 Å². The predicted octanol–water partition coefficient (Wildman–Crippen LogP) is 2.55. The van der Waals surface area contributed by atoms with Crippen LogP contribution < -0.4 is 5.32 Å². The highest BCUT2D eigenvalue weighted by atomic mass is 19.1. The summed E-state index contributed by atoms with van der Waals surface area (Å²) in [6.45, 7) is 2.43. The van der Waals surface area contributed by atoms with Crippen LogP contribution in [-0.4, -0.2) is 29.0 Å². The van der Waals surface area contributed by atoms with E-state index in [2.05, 4.69) is 11.4 Å². The molecule has 0 radical (unpaired) electrons. The van der Waals surface area contributed by atoms with Crippen LogP contribution in [0.25, 0.3) is 0 Å². The summed E-state index contributed by atoms with van der Waals surface area (Å²) >= 11 is 0. The summed E-state index contributed by atoms with van der Waals surface area (Å²) in [6.07, 6.45) is 0. The van der Waals surface area contributed by atoms with E-state index in [0.29, 0.717) is 12.2 Å². The second-order valence-electron chi connectivity index (χ2n) is 5.69. The molecule has 0 saturated heterocycles. The largest absolute Gasteiger partial charge is 0.340 e. The van der Waals surface area contributed by atoms with Crippen molar-refractivity contribution in [1.82, 2.24) is 9.47 Å². The molecule has 0 spiro atoms. The fraction of sp³-hybridized carbons (Fsp3) is 0.294.